The number of pyridine rings is 1. The Hall–Kier alpha value is -1.63. The lowest BCUT2D eigenvalue weighted by molar-refractivity contribution is 0.464. The van der Waals surface area contributed by atoms with Gasteiger partial charge in [0.05, 0.1) is 5.69 Å². The van der Waals surface area contributed by atoms with E-state index in [2.05, 4.69) is 4.98 Å². The Bertz CT molecular complexity index is 719. The van der Waals surface area contributed by atoms with Crippen LogP contribution in [0, 0.1) is 0 Å². The first-order chi connectivity index (χ1) is 9.43. The van der Waals surface area contributed by atoms with E-state index >= 15 is 0 Å². The molecule has 2 rings (SSSR count). The summed E-state index contributed by atoms with van der Waals surface area (Å²) in [6.07, 6.45) is 1.40. The molecule has 0 saturated carbocycles. The van der Waals surface area contributed by atoms with E-state index in [4.69, 9.17) is 17.3 Å². The molecule has 1 aromatic carbocycles. The summed E-state index contributed by atoms with van der Waals surface area (Å²) in [6, 6.07) is 10.2. The fourth-order valence-corrected chi connectivity index (χ4v) is 3.08. The van der Waals surface area contributed by atoms with E-state index in [1.807, 2.05) is 0 Å². The highest BCUT2D eigenvalue weighted by Gasteiger charge is 2.25. The van der Waals surface area contributed by atoms with Crippen molar-refractivity contribution < 1.29 is 8.42 Å². The van der Waals surface area contributed by atoms with Crippen molar-refractivity contribution >= 4 is 27.3 Å². The molecule has 20 heavy (non-hydrogen) atoms. The van der Waals surface area contributed by atoms with Crippen molar-refractivity contribution in [2.45, 2.75) is 11.6 Å². The van der Waals surface area contributed by atoms with Gasteiger partial charge in [-0.25, -0.2) is 13.4 Å². The SMILES string of the molecule is CN(Cc1ccccc1Cl)S(=O)(=O)c1ncccc1N. The van der Waals surface area contributed by atoms with Crippen LogP contribution < -0.4 is 5.73 Å². The largest absolute Gasteiger partial charge is 0.396 e. The number of aromatic nitrogens is 1. The minimum Gasteiger partial charge on any atom is -0.396 e. The van der Waals surface area contributed by atoms with Gasteiger partial charge in [0.15, 0.2) is 5.03 Å². The van der Waals surface area contributed by atoms with Crippen LogP contribution in [0.25, 0.3) is 0 Å². The van der Waals surface area contributed by atoms with E-state index < -0.39 is 10.0 Å². The van der Waals surface area contributed by atoms with E-state index in [0.29, 0.717) is 5.02 Å². The number of sulfonamides is 1. The second-order valence-corrected chi connectivity index (χ2v) is 6.62. The summed E-state index contributed by atoms with van der Waals surface area (Å²) in [5.41, 5.74) is 6.51. The number of halogens is 1. The summed E-state index contributed by atoms with van der Waals surface area (Å²) in [4.78, 5) is 3.85. The number of nitrogen functional groups attached to an aromatic ring is 1. The highest BCUT2D eigenvalue weighted by molar-refractivity contribution is 7.89. The molecule has 0 aliphatic heterocycles. The number of hydrogen-bond acceptors (Lipinski definition) is 4. The van der Waals surface area contributed by atoms with Gasteiger partial charge in [0, 0.05) is 24.8 Å². The summed E-state index contributed by atoms with van der Waals surface area (Å²) in [6.45, 7) is 0.151. The van der Waals surface area contributed by atoms with Crippen molar-refractivity contribution in [2.75, 3.05) is 12.8 Å². The Kier molecular flexibility index (Phi) is 4.27. The molecule has 0 fully saturated rings. The summed E-state index contributed by atoms with van der Waals surface area (Å²) >= 11 is 6.03. The molecule has 0 bridgehead atoms. The molecule has 7 heteroatoms. The lowest BCUT2D eigenvalue weighted by atomic mass is 10.2. The van der Waals surface area contributed by atoms with Gasteiger partial charge >= 0.3 is 0 Å². The van der Waals surface area contributed by atoms with Crippen LogP contribution in [0.1, 0.15) is 5.56 Å². The second kappa shape index (κ2) is 5.78. The van der Waals surface area contributed by atoms with Crippen LogP contribution in [0.5, 0.6) is 0 Å². The molecule has 0 spiro atoms. The highest BCUT2D eigenvalue weighted by atomic mass is 35.5. The van der Waals surface area contributed by atoms with Crippen molar-refractivity contribution in [2.24, 2.45) is 0 Å². The number of nitrogens with two attached hydrogens (primary N) is 1. The van der Waals surface area contributed by atoms with Gasteiger partial charge in [-0.1, -0.05) is 29.8 Å². The van der Waals surface area contributed by atoms with E-state index in [9.17, 15) is 8.42 Å². The molecular formula is C13H14ClN3O2S. The lowest BCUT2D eigenvalue weighted by Crippen LogP contribution is -2.28. The van der Waals surface area contributed by atoms with Gasteiger partial charge in [0.1, 0.15) is 0 Å². The molecule has 0 aliphatic carbocycles. The molecule has 1 heterocycles. The minimum atomic E-state index is -3.75. The normalized spacial score (nSPS) is 11.8. The molecular weight excluding hydrogens is 298 g/mol. The van der Waals surface area contributed by atoms with Crippen LogP contribution in [-0.2, 0) is 16.6 Å². The summed E-state index contributed by atoms with van der Waals surface area (Å²) in [5.74, 6) is 0. The molecule has 0 saturated heterocycles. The maximum absolute atomic E-state index is 12.4. The first-order valence-corrected chi connectivity index (χ1v) is 7.65. The molecule has 0 aliphatic rings. The maximum atomic E-state index is 12.4. The zero-order chi connectivity index (χ0) is 14.8. The smallest absolute Gasteiger partial charge is 0.262 e. The van der Waals surface area contributed by atoms with E-state index in [-0.39, 0.29) is 17.3 Å². The van der Waals surface area contributed by atoms with E-state index in [1.54, 1.807) is 30.3 Å². The number of nitrogens with zero attached hydrogens (tertiary/aromatic N) is 2. The third kappa shape index (κ3) is 2.92. The number of anilines is 1. The summed E-state index contributed by atoms with van der Waals surface area (Å²) in [5, 5.41) is 0.373. The molecule has 2 aromatic rings. The first kappa shape index (κ1) is 14.8. The zero-order valence-corrected chi connectivity index (χ0v) is 12.4. The minimum absolute atomic E-state index is 0.124. The van der Waals surface area contributed by atoms with Crippen LogP contribution in [0.2, 0.25) is 5.02 Å². The molecule has 1 aromatic heterocycles. The molecule has 106 valence electrons. The van der Waals surface area contributed by atoms with Gasteiger partial charge < -0.3 is 5.73 Å². The summed E-state index contributed by atoms with van der Waals surface area (Å²) in [7, 11) is -2.28. The van der Waals surface area contributed by atoms with Gasteiger partial charge in [-0.05, 0) is 23.8 Å². The van der Waals surface area contributed by atoms with Crippen molar-refractivity contribution in [1.29, 1.82) is 0 Å². The van der Waals surface area contributed by atoms with Gasteiger partial charge in [0.2, 0.25) is 0 Å². The third-order valence-electron chi connectivity index (χ3n) is 2.81. The quantitative estimate of drug-likeness (QED) is 0.938. The molecule has 0 amide bonds. The predicted octanol–water partition coefficient (Wildman–Crippen LogP) is 2.14. The van der Waals surface area contributed by atoms with E-state index in [0.717, 1.165) is 5.56 Å². The molecule has 5 nitrogen and oxygen atoms in total. The average molecular weight is 312 g/mol. The number of hydrogen-bond donors (Lipinski definition) is 1. The van der Waals surface area contributed by atoms with Gasteiger partial charge in [-0.3, -0.25) is 0 Å². The molecule has 0 radical (unpaired) electrons. The topological polar surface area (TPSA) is 76.3 Å². The van der Waals surface area contributed by atoms with Crippen LogP contribution >= 0.6 is 11.6 Å². The number of benzene rings is 1. The number of rotatable bonds is 4. The fraction of sp³-hybridized carbons (Fsp3) is 0.154. The molecule has 0 atom stereocenters. The lowest BCUT2D eigenvalue weighted by Gasteiger charge is -2.18. The Morgan fingerprint density at radius 1 is 1.25 bits per heavy atom. The standard InChI is InChI=1S/C13H14ClN3O2S/c1-17(9-10-5-2-3-6-11(10)14)20(18,19)13-12(15)7-4-8-16-13/h2-8H,9,15H2,1H3. The predicted molar refractivity (Wildman–Crippen MR) is 78.8 cm³/mol. The van der Waals surface area contributed by atoms with Crippen LogP contribution in [0.15, 0.2) is 47.6 Å². The van der Waals surface area contributed by atoms with Crippen LogP contribution in [-0.4, -0.2) is 24.8 Å². The molecule has 2 N–H and O–H groups in total. The first-order valence-electron chi connectivity index (χ1n) is 5.83. The van der Waals surface area contributed by atoms with Gasteiger partial charge in [-0.15, -0.1) is 0 Å². The summed E-state index contributed by atoms with van der Waals surface area (Å²) < 4.78 is 26.0. The third-order valence-corrected chi connectivity index (χ3v) is 4.95. The Balaban J connectivity index is 2.31. The average Bonchev–Trinajstić information content (AvgIpc) is 2.41. The van der Waals surface area contributed by atoms with E-state index in [1.165, 1.54) is 23.6 Å². The maximum Gasteiger partial charge on any atom is 0.262 e. The van der Waals surface area contributed by atoms with Crippen molar-refractivity contribution in [3.8, 4) is 0 Å². The Morgan fingerprint density at radius 3 is 2.60 bits per heavy atom. The van der Waals surface area contributed by atoms with Crippen molar-refractivity contribution in [3.05, 3.63) is 53.2 Å². The van der Waals surface area contributed by atoms with Gasteiger partial charge in [-0.2, -0.15) is 4.31 Å². The fourth-order valence-electron chi connectivity index (χ4n) is 1.72. The second-order valence-electron chi connectivity index (χ2n) is 4.25. The van der Waals surface area contributed by atoms with Crippen LogP contribution in [0.3, 0.4) is 0 Å². The Labute approximate surface area is 123 Å². The van der Waals surface area contributed by atoms with Crippen LogP contribution in [0.4, 0.5) is 5.69 Å². The molecule has 0 unspecified atom stereocenters. The van der Waals surface area contributed by atoms with Crippen molar-refractivity contribution in [1.82, 2.24) is 9.29 Å². The Morgan fingerprint density at radius 2 is 1.95 bits per heavy atom. The zero-order valence-electron chi connectivity index (χ0n) is 10.8. The van der Waals surface area contributed by atoms with Gasteiger partial charge in [0.25, 0.3) is 10.0 Å². The monoisotopic (exact) mass is 311 g/mol. The highest BCUT2D eigenvalue weighted by Crippen LogP contribution is 2.22. The van der Waals surface area contributed by atoms with Crippen molar-refractivity contribution in [3.63, 3.8) is 0 Å².